The zero-order valence-corrected chi connectivity index (χ0v) is 8.63. The Morgan fingerprint density at radius 3 is 2.25 bits per heavy atom. The van der Waals surface area contributed by atoms with Crippen molar-refractivity contribution in [2.45, 2.75) is 12.5 Å². The molecule has 0 saturated carbocycles. The zero-order valence-electron chi connectivity index (χ0n) is 7.82. The Kier molecular flexibility index (Phi) is 4.74. The molecule has 0 fully saturated rings. The summed E-state index contributed by atoms with van der Waals surface area (Å²) >= 11 is 0. The normalized spacial score (nSPS) is 15.1. The van der Waals surface area contributed by atoms with Crippen molar-refractivity contribution in [3.63, 3.8) is 0 Å². The van der Waals surface area contributed by atoms with Crippen molar-refractivity contribution in [2.75, 3.05) is 32.6 Å². The van der Waals surface area contributed by atoms with E-state index in [2.05, 4.69) is 0 Å². The largest absolute Gasteiger partial charge is 0.392 e. The standard InChI is InChI=1S/C7H17NO3S/c1-8(2)6-7(9)4-5-12(3,10)11/h7,9H,4-6H2,1-3H3. The molecule has 0 bridgehead atoms. The van der Waals surface area contributed by atoms with E-state index < -0.39 is 15.9 Å². The Morgan fingerprint density at radius 1 is 1.42 bits per heavy atom. The van der Waals surface area contributed by atoms with Gasteiger partial charge in [0.2, 0.25) is 0 Å². The van der Waals surface area contributed by atoms with Crippen molar-refractivity contribution in [1.82, 2.24) is 4.90 Å². The van der Waals surface area contributed by atoms with Gasteiger partial charge < -0.3 is 10.0 Å². The molecule has 4 nitrogen and oxygen atoms in total. The van der Waals surface area contributed by atoms with Crippen molar-refractivity contribution in [3.05, 3.63) is 0 Å². The summed E-state index contributed by atoms with van der Waals surface area (Å²) in [7, 11) is 0.740. The van der Waals surface area contributed by atoms with Gasteiger partial charge in [-0.25, -0.2) is 8.42 Å². The van der Waals surface area contributed by atoms with Crippen molar-refractivity contribution in [1.29, 1.82) is 0 Å². The Morgan fingerprint density at radius 2 is 1.92 bits per heavy atom. The van der Waals surface area contributed by atoms with Crippen LogP contribution in [0.2, 0.25) is 0 Å². The van der Waals surface area contributed by atoms with Crippen LogP contribution in [0.15, 0.2) is 0 Å². The van der Waals surface area contributed by atoms with E-state index in [1.54, 1.807) is 0 Å². The predicted molar refractivity (Wildman–Crippen MR) is 48.9 cm³/mol. The van der Waals surface area contributed by atoms with Gasteiger partial charge in [0, 0.05) is 12.8 Å². The highest BCUT2D eigenvalue weighted by Crippen LogP contribution is 1.96. The van der Waals surface area contributed by atoms with E-state index >= 15 is 0 Å². The lowest BCUT2D eigenvalue weighted by atomic mass is 10.3. The molecule has 1 unspecified atom stereocenters. The van der Waals surface area contributed by atoms with Crippen molar-refractivity contribution in [2.24, 2.45) is 0 Å². The molecule has 0 saturated heterocycles. The Balaban J connectivity index is 3.65. The monoisotopic (exact) mass is 195 g/mol. The molecule has 0 heterocycles. The third-order valence-electron chi connectivity index (χ3n) is 1.40. The van der Waals surface area contributed by atoms with Gasteiger partial charge in [-0.2, -0.15) is 0 Å². The number of nitrogens with zero attached hydrogens (tertiary/aromatic N) is 1. The molecule has 0 aliphatic heterocycles. The average molecular weight is 195 g/mol. The highest BCUT2D eigenvalue weighted by atomic mass is 32.2. The van der Waals surface area contributed by atoms with Gasteiger partial charge in [0.1, 0.15) is 9.84 Å². The minimum absolute atomic E-state index is 0.0575. The number of likely N-dealkylation sites (N-methyl/N-ethyl adjacent to an activating group) is 1. The Labute approximate surface area is 74.1 Å². The fourth-order valence-corrected chi connectivity index (χ4v) is 1.56. The molecule has 0 aromatic heterocycles. The second-order valence-corrected chi connectivity index (χ2v) is 5.59. The number of rotatable bonds is 5. The third-order valence-corrected chi connectivity index (χ3v) is 2.38. The number of aliphatic hydroxyl groups excluding tert-OH is 1. The summed E-state index contributed by atoms with van der Waals surface area (Å²) in [6, 6.07) is 0. The fourth-order valence-electron chi connectivity index (χ4n) is 0.863. The summed E-state index contributed by atoms with van der Waals surface area (Å²) in [6.07, 6.45) is 0.946. The first-order valence-corrected chi connectivity index (χ1v) is 5.88. The van der Waals surface area contributed by atoms with Crippen LogP contribution in [0.5, 0.6) is 0 Å². The second-order valence-electron chi connectivity index (χ2n) is 3.33. The molecule has 0 aliphatic carbocycles. The molecule has 0 rings (SSSR count). The number of hydrogen-bond acceptors (Lipinski definition) is 4. The van der Waals surface area contributed by atoms with E-state index in [4.69, 9.17) is 0 Å². The van der Waals surface area contributed by atoms with E-state index in [1.165, 1.54) is 6.26 Å². The number of hydrogen-bond donors (Lipinski definition) is 1. The van der Waals surface area contributed by atoms with Crippen LogP contribution in [-0.4, -0.2) is 57.2 Å². The summed E-state index contributed by atoms with van der Waals surface area (Å²) < 4.78 is 21.4. The third kappa shape index (κ3) is 7.97. The molecular weight excluding hydrogens is 178 g/mol. The van der Waals surface area contributed by atoms with Gasteiger partial charge in [0.15, 0.2) is 0 Å². The molecule has 0 aromatic rings. The minimum Gasteiger partial charge on any atom is -0.392 e. The lowest BCUT2D eigenvalue weighted by Crippen LogP contribution is -2.27. The van der Waals surface area contributed by atoms with Gasteiger partial charge >= 0.3 is 0 Å². The van der Waals surface area contributed by atoms with E-state index in [0.29, 0.717) is 13.0 Å². The molecule has 1 atom stereocenters. The topological polar surface area (TPSA) is 57.6 Å². The van der Waals surface area contributed by atoms with Gasteiger partial charge in [-0.1, -0.05) is 0 Å². The molecule has 74 valence electrons. The lowest BCUT2D eigenvalue weighted by molar-refractivity contribution is 0.134. The maximum absolute atomic E-state index is 10.7. The Hall–Kier alpha value is -0.130. The van der Waals surface area contributed by atoms with E-state index in [9.17, 15) is 13.5 Å². The quantitative estimate of drug-likeness (QED) is 0.633. The van der Waals surface area contributed by atoms with Gasteiger partial charge in [-0.3, -0.25) is 0 Å². The van der Waals surface area contributed by atoms with Crippen molar-refractivity contribution in [3.8, 4) is 0 Å². The van der Waals surface area contributed by atoms with Crippen LogP contribution < -0.4 is 0 Å². The maximum Gasteiger partial charge on any atom is 0.147 e. The van der Waals surface area contributed by atoms with Crippen molar-refractivity contribution >= 4 is 9.84 Å². The highest BCUT2D eigenvalue weighted by Gasteiger charge is 2.09. The smallest absolute Gasteiger partial charge is 0.147 e. The first kappa shape index (κ1) is 11.9. The molecule has 0 spiro atoms. The number of aliphatic hydroxyl groups is 1. The number of sulfone groups is 1. The van der Waals surface area contributed by atoms with E-state index in [-0.39, 0.29) is 5.75 Å². The molecule has 1 N–H and O–H groups in total. The van der Waals surface area contributed by atoms with Crippen LogP contribution in [0.4, 0.5) is 0 Å². The Bertz CT molecular complexity index is 211. The molecule has 0 aliphatic rings. The van der Waals surface area contributed by atoms with Gasteiger partial charge in [-0.15, -0.1) is 0 Å². The zero-order chi connectivity index (χ0) is 9.78. The first-order valence-electron chi connectivity index (χ1n) is 3.82. The van der Waals surface area contributed by atoms with E-state index in [1.807, 2.05) is 19.0 Å². The van der Waals surface area contributed by atoms with Gasteiger partial charge in [0.25, 0.3) is 0 Å². The summed E-state index contributed by atoms with van der Waals surface area (Å²) in [5.41, 5.74) is 0. The predicted octanol–water partition coefficient (Wildman–Crippen LogP) is -0.656. The van der Waals surface area contributed by atoms with Gasteiger partial charge in [0.05, 0.1) is 11.9 Å². The highest BCUT2D eigenvalue weighted by molar-refractivity contribution is 7.90. The molecule has 0 aromatic carbocycles. The second kappa shape index (κ2) is 4.79. The summed E-state index contributed by atoms with van der Waals surface area (Å²) in [6.45, 7) is 0.509. The van der Waals surface area contributed by atoms with Crippen LogP contribution in [0.25, 0.3) is 0 Å². The summed E-state index contributed by atoms with van der Waals surface area (Å²) in [5.74, 6) is 0.0575. The molecular formula is C7H17NO3S. The van der Waals surface area contributed by atoms with Crippen LogP contribution in [0.1, 0.15) is 6.42 Å². The fraction of sp³-hybridized carbons (Fsp3) is 1.00. The summed E-state index contributed by atoms with van der Waals surface area (Å²) in [5, 5.41) is 9.28. The summed E-state index contributed by atoms with van der Waals surface area (Å²) in [4.78, 5) is 1.83. The first-order chi connectivity index (χ1) is 5.31. The molecule has 0 radical (unpaired) electrons. The van der Waals surface area contributed by atoms with Crippen LogP contribution in [0.3, 0.4) is 0 Å². The van der Waals surface area contributed by atoms with Crippen LogP contribution in [-0.2, 0) is 9.84 Å². The lowest BCUT2D eigenvalue weighted by Gasteiger charge is -2.14. The SMILES string of the molecule is CN(C)CC(O)CCS(C)(=O)=O. The average Bonchev–Trinajstić information content (AvgIpc) is 1.80. The van der Waals surface area contributed by atoms with Gasteiger partial charge in [-0.05, 0) is 20.5 Å². The maximum atomic E-state index is 10.7. The van der Waals surface area contributed by atoms with E-state index in [0.717, 1.165) is 0 Å². The molecule has 5 heteroatoms. The van der Waals surface area contributed by atoms with Crippen LogP contribution in [0, 0.1) is 0 Å². The van der Waals surface area contributed by atoms with Crippen molar-refractivity contribution < 1.29 is 13.5 Å². The molecule has 0 amide bonds. The molecule has 12 heavy (non-hydrogen) atoms. The minimum atomic E-state index is -2.93. The van der Waals surface area contributed by atoms with Crippen LogP contribution >= 0.6 is 0 Å².